The van der Waals surface area contributed by atoms with Crippen molar-refractivity contribution >= 4 is 50.8 Å². The van der Waals surface area contributed by atoms with Gasteiger partial charge in [-0.3, -0.25) is 14.3 Å². The number of rotatable bonds is 8. The molecule has 6 rings (SSSR count). The minimum atomic E-state index is -0.589. The average Bonchev–Trinajstić information content (AvgIpc) is 3.64. The molecule has 0 unspecified atom stereocenters. The first-order valence-electron chi connectivity index (χ1n) is 13.5. The number of nitrogens with one attached hydrogen (secondary N) is 2. The summed E-state index contributed by atoms with van der Waals surface area (Å²) in [7, 11) is 1.52. The molecule has 42 heavy (non-hydrogen) atoms. The second kappa shape index (κ2) is 11.3. The number of ether oxygens (including phenoxy) is 1. The minimum Gasteiger partial charge on any atom is -0.494 e. The van der Waals surface area contributed by atoms with Gasteiger partial charge in [-0.05, 0) is 60.9 Å². The molecule has 11 heteroatoms. The van der Waals surface area contributed by atoms with Gasteiger partial charge in [-0.2, -0.15) is 5.10 Å². The molecule has 1 atom stereocenters. The molecule has 0 spiro atoms. The van der Waals surface area contributed by atoms with Crippen LogP contribution < -0.4 is 15.4 Å². The minimum absolute atomic E-state index is 0.269. The van der Waals surface area contributed by atoms with E-state index < -0.39 is 6.04 Å². The summed E-state index contributed by atoms with van der Waals surface area (Å²) >= 11 is 0. The van der Waals surface area contributed by atoms with Crippen molar-refractivity contribution in [1.29, 1.82) is 0 Å². The van der Waals surface area contributed by atoms with Gasteiger partial charge in [0.15, 0.2) is 0 Å². The number of aromatic nitrogens is 4. The second-order valence-corrected chi connectivity index (χ2v) is 10.0. The third kappa shape index (κ3) is 5.24. The van der Waals surface area contributed by atoms with E-state index in [-0.39, 0.29) is 17.6 Å². The largest absolute Gasteiger partial charge is 0.494 e. The second-order valence-electron chi connectivity index (χ2n) is 10.0. The Morgan fingerprint density at radius 2 is 2.05 bits per heavy atom. The number of carbonyl (C=O) groups excluding carboxylic acids is 2. The molecule has 1 fully saturated rings. The van der Waals surface area contributed by atoms with Crippen LogP contribution in [0.5, 0.6) is 5.75 Å². The van der Waals surface area contributed by atoms with Crippen LogP contribution in [0.1, 0.15) is 18.4 Å². The number of nitrogens with zero attached hydrogens (tertiary/aromatic N) is 5. The van der Waals surface area contributed by atoms with Gasteiger partial charge in [0.1, 0.15) is 29.8 Å². The molecule has 3 heterocycles. The Balaban J connectivity index is 1.27. The summed E-state index contributed by atoms with van der Waals surface area (Å²) in [5.41, 5.74) is 3.57. The van der Waals surface area contributed by atoms with Crippen LogP contribution in [0.4, 0.5) is 21.6 Å². The van der Waals surface area contributed by atoms with Gasteiger partial charge in [-0.25, -0.2) is 14.4 Å². The highest BCUT2D eigenvalue weighted by molar-refractivity contribution is 6.03. The maximum atomic E-state index is 13.6. The first kappa shape index (κ1) is 26.9. The molecule has 212 valence electrons. The summed E-state index contributed by atoms with van der Waals surface area (Å²) < 4.78 is 21.0. The SMILES string of the molecule is C=CC(=O)N1CCC[C@H]1C(=O)Nc1cc2c(Nc3ccc4c(cnn4Cc4cccc(F)c4)c3)ncnc2cc1OC. The number of fused-ring (bicyclic) bond motifs is 2. The molecular formula is C31H28FN7O3. The summed E-state index contributed by atoms with van der Waals surface area (Å²) in [5, 5.41) is 12.3. The number of likely N-dealkylation sites (tertiary alicyclic amines) is 1. The molecule has 0 radical (unpaired) electrons. The molecule has 0 aliphatic carbocycles. The third-order valence-electron chi connectivity index (χ3n) is 7.35. The van der Waals surface area contributed by atoms with E-state index in [4.69, 9.17) is 4.74 Å². The monoisotopic (exact) mass is 565 g/mol. The van der Waals surface area contributed by atoms with Crippen LogP contribution in [0.3, 0.4) is 0 Å². The van der Waals surface area contributed by atoms with E-state index in [9.17, 15) is 14.0 Å². The predicted octanol–water partition coefficient (Wildman–Crippen LogP) is 5.03. The van der Waals surface area contributed by atoms with E-state index in [1.54, 1.807) is 24.4 Å². The molecule has 2 aromatic heterocycles. The summed E-state index contributed by atoms with van der Waals surface area (Å²) in [4.78, 5) is 35.8. The zero-order valence-electron chi connectivity index (χ0n) is 22.9. The van der Waals surface area contributed by atoms with Crippen molar-refractivity contribution in [3.63, 3.8) is 0 Å². The Hall–Kier alpha value is -5.32. The summed E-state index contributed by atoms with van der Waals surface area (Å²) in [6.45, 7) is 4.50. The molecule has 3 aromatic carbocycles. The van der Waals surface area contributed by atoms with Crippen molar-refractivity contribution in [3.8, 4) is 5.75 Å². The number of hydrogen-bond donors (Lipinski definition) is 2. The Kier molecular flexibility index (Phi) is 7.22. The lowest BCUT2D eigenvalue weighted by molar-refractivity contribution is -0.132. The number of methoxy groups -OCH3 is 1. The number of amides is 2. The molecule has 0 saturated carbocycles. The van der Waals surface area contributed by atoms with Crippen molar-refractivity contribution in [2.24, 2.45) is 0 Å². The van der Waals surface area contributed by atoms with Crippen molar-refractivity contribution in [2.45, 2.75) is 25.4 Å². The highest BCUT2D eigenvalue weighted by atomic mass is 19.1. The number of anilines is 3. The standard InChI is InChI=1S/C31H28FN7O3/c1-3-29(40)38-11-5-8-27(38)31(41)37-25-14-23-24(15-28(25)42-2)33-18-34-30(23)36-22-9-10-26-20(13-22)16-35-39(26)17-19-6-4-7-21(32)12-19/h3-4,6-7,9-10,12-16,18,27H,1,5,8,11,17H2,2H3,(H,37,41)(H,33,34,36)/t27-/m0/s1. The van der Waals surface area contributed by atoms with E-state index in [1.807, 2.05) is 28.9 Å². The highest BCUT2D eigenvalue weighted by Gasteiger charge is 2.33. The summed E-state index contributed by atoms with van der Waals surface area (Å²) in [5.74, 6) is 0.124. The molecule has 2 amide bonds. The first-order chi connectivity index (χ1) is 20.4. The van der Waals surface area contributed by atoms with Crippen LogP contribution in [0.15, 0.2) is 79.8 Å². The summed E-state index contributed by atoms with van der Waals surface area (Å²) in [6.07, 6.45) is 5.75. The van der Waals surface area contributed by atoms with Gasteiger partial charge in [0.05, 0.1) is 36.6 Å². The lowest BCUT2D eigenvalue weighted by atomic mass is 10.1. The van der Waals surface area contributed by atoms with E-state index in [1.165, 1.54) is 36.5 Å². The quantitative estimate of drug-likeness (QED) is 0.254. The molecule has 1 aliphatic heterocycles. The first-order valence-corrected chi connectivity index (χ1v) is 13.5. The van der Waals surface area contributed by atoms with E-state index in [2.05, 4.69) is 32.3 Å². The number of benzene rings is 3. The molecule has 1 saturated heterocycles. The van der Waals surface area contributed by atoms with Gasteiger partial charge >= 0.3 is 0 Å². The predicted molar refractivity (Wildman–Crippen MR) is 158 cm³/mol. The van der Waals surface area contributed by atoms with Crippen LogP contribution >= 0.6 is 0 Å². The van der Waals surface area contributed by atoms with Crippen molar-refractivity contribution in [3.05, 3.63) is 91.2 Å². The van der Waals surface area contributed by atoms with Gasteiger partial charge < -0.3 is 20.3 Å². The van der Waals surface area contributed by atoms with Gasteiger partial charge in [0.2, 0.25) is 11.8 Å². The van der Waals surface area contributed by atoms with Crippen LogP contribution in [-0.2, 0) is 16.1 Å². The molecular weight excluding hydrogens is 537 g/mol. The van der Waals surface area contributed by atoms with E-state index >= 15 is 0 Å². The molecule has 0 bridgehead atoms. The maximum absolute atomic E-state index is 13.6. The molecule has 5 aromatic rings. The number of hydrogen-bond acceptors (Lipinski definition) is 7. The topological polar surface area (TPSA) is 114 Å². The zero-order valence-corrected chi connectivity index (χ0v) is 22.9. The highest BCUT2D eigenvalue weighted by Crippen LogP contribution is 2.34. The van der Waals surface area contributed by atoms with Crippen molar-refractivity contribution in [1.82, 2.24) is 24.6 Å². The normalized spacial score (nSPS) is 14.7. The third-order valence-corrected chi connectivity index (χ3v) is 7.35. The molecule has 1 aliphatic rings. The van der Waals surface area contributed by atoms with E-state index in [0.717, 1.165) is 28.6 Å². The molecule has 2 N–H and O–H groups in total. The van der Waals surface area contributed by atoms with Crippen molar-refractivity contribution < 1.29 is 18.7 Å². The summed E-state index contributed by atoms with van der Waals surface area (Å²) in [6, 6.07) is 15.2. The maximum Gasteiger partial charge on any atom is 0.247 e. The number of carbonyl (C=O) groups is 2. The van der Waals surface area contributed by atoms with Gasteiger partial charge in [0.25, 0.3) is 0 Å². The lowest BCUT2D eigenvalue weighted by Gasteiger charge is -2.23. The van der Waals surface area contributed by atoms with Gasteiger partial charge in [-0.1, -0.05) is 18.7 Å². The Labute approximate surface area is 240 Å². The average molecular weight is 566 g/mol. The Morgan fingerprint density at radius 1 is 1.17 bits per heavy atom. The van der Waals surface area contributed by atoms with Crippen LogP contribution in [0, 0.1) is 5.82 Å². The fourth-order valence-corrected chi connectivity index (χ4v) is 5.32. The Morgan fingerprint density at radius 3 is 2.86 bits per heavy atom. The Bertz CT molecular complexity index is 1840. The lowest BCUT2D eigenvalue weighted by Crippen LogP contribution is -2.42. The fraction of sp³-hybridized carbons (Fsp3) is 0.194. The molecule has 10 nitrogen and oxygen atoms in total. The fourth-order valence-electron chi connectivity index (χ4n) is 5.32. The smallest absolute Gasteiger partial charge is 0.247 e. The van der Waals surface area contributed by atoms with E-state index in [0.29, 0.717) is 47.7 Å². The van der Waals surface area contributed by atoms with Crippen LogP contribution in [0.2, 0.25) is 0 Å². The van der Waals surface area contributed by atoms with Crippen LogP contribution in [-0.4, -0.2) is 56.2 Å². The van der Waals surface area contributed by atoms with Gasteiger partial charge in [0, 0.05) is 29.1 Å². The van der Waals surface area contributed by atoms with Gasteiger partial charge in [-0.15, -0.1) is 0 Å². The van der Waals surface area contributed by atoms with Crippen LogP contribution in [0.25, 0.3) is 21.8 Å². The number of halogens is 1. The zero-order chi connectivity index (χ0) is 29.2. The van der Waals surface area contributed by atoms with Crippen molar-refractivity contribution in [2.75, 3.05) is 24.3 Å².